The van der Waals surface area contributed by atoms with E-state index >= 15 is 0 Å². The highest BCUT2D eigenvalue weighted by Crippen LogP contribution is 2.36. The Bertz CT molecular complexity index is 1650. The van der Waals surface area contributed by atoms with Gasteiger partial charge in [0.2, 0.25) is 0 Å². The summed E-state index contributed by atoms with van der Waals surface area (Å²) in [6, 6.07) is 14.9. The van der Waals surface area contributed by atoms with Gasteiger partial charge in [0.05, 0.1) is 16.3 Å². The summed E-state index contributed by atoms with van der Waals surface area (Å²) < 4.78 is 2.26. The fourth-order valence-electron chi connectivity index (χ4n) is 4.62. The minimum absolute atomic E-state index is 0.0660. The standard InChI is InChI=1S/C26H18ClN3O2S/c27-19-8-6-17(7-9-19)24-23-20(2-1-3-21(23)31)29-26-30(24)25(32)22(33-26)13-15-4-5-16-10-11-28-14-18(16)12-15/h4-14,24H,1-3H2/b22-13-/t24-/m1/s1. The van der Waals surface area contributed by atoms with E-state index in [4.69, 9.17) is 16.6 Å². The van der Waals surface area contributed by atoms with Crippen molar-refractivity contribution in [3.8, 4) is 0 Å². The second-order valence-electron chi connectivity index (χ2n) is 8.25. The Morgan fingerprint density at radius 1 is 1.03 bits per heavy atom. The number of benzene rings is 2. The lowest BCUT2D eigenvalue weighted by Gasteiger charge is -2.28. The quantitative estimate of drug-likeness (QED) is 0.440. The predicted octanol–water partition coefficient (Wildman–Crippen LogP) is 4.17. The minimum atomic E-state index is -0.482. The molecular formula is C26H18ClN3O2S. The fourth-order valence-corrected chi connectivity index (χ4v) is 5.76. The molecule has 3 heterocycles. The summed E-state index contributed by atoms with van der Waals surface area (Å²) in [5.74, 6) is 0.0660. The Labute approximate surface area is 198 Å². The van der Waals surface area contributed by atoms with Crippen LogP contribution in [0, 0.1) is 0 Å². The summed E-state index contributed by atoms with van der Waals surface area (Å²) in [6.07, 6.45) is 7.48. The number of hydrogen-bond donors (Lipinski definition) is 0. The molecule has 0 spiro atoms. The summed E-state index contributed by atoms with van der Waals surface area (Å²) >= 11 is 7.47. The molecular weight excluding hydrogens is 454 g/mol. The van der Waals surface area contributed by atoms with Gasteiger partial charge in [0.25, 0.3) is 5.56 Å². The van der Waals surface area contributed by atoms with Gasteiger partial charge in [-0.2, -0.15) is 0 Å². The fraction of sp³-hybridized carbons (Fsp3) is 0.154. The van der Waals surface area contributed by atoms with Crippen LogP contribution in [0.5, 0.6) is 0 Å². The molecule has 162 valence electrons. The maximum absolute atomic E-state index is 13.6. The lowest BCUT2D eigenvalue weighted by Crippen LogP contribution is -2.40. The van der Waals surface area contributed by atoms with E-state index in [0.717, 1.165) is 40.4 Å². The van der Waals surface area contributed by atoms with Gasteiger partial charge in [0.1, 0.15) is 0 Å². The van der Waals surface area contributed by atoms with Crippen molar-refractivity contribution in [2.24, 2.45) is 4.99 Å². The van der Waals surface area contributed by atoms with E-state index in [-0.39, 0.29) is 11.3 Å². The van der Waals surface area contributed by atoms with Gasteiger partial charge in [0, 0.05) is 34.8 Å². The van der Waals surface area contributed by atoms with E-state index < -0.39 is 6.04 Å². The first-order valence-electron chi connectivity index (χ1n) is 10.8. The van der Waals surface area contributed by atoms with Gasteiger partial charge < -0.3 is 0 Å². The van der Waals surface area contributed by atoms with Crippen molar-refractivity contribution in [2.75, 3.05) is 0 Å². The molecule has 1 aliphatic heterocycles. The molecule has 0 radical (unpaired) electrons. The van der Waals surface area contributed by atoms with Gasteiger partial charge in [-0.3, -0.25) is 19.1 Å². The van der Waals surface area contributed by atoms with Crippen LogP contribution < -0.4 is 14.9 Å². The van der Waals surface area contributed by atoms with Gasteiger partial charge >= 0.3 is 0 Å². The third kappa shape index (κ3) is 3.46. The molecule has 2 aliphatic rings. The van der Waals surface area contributed by atoms with Crippen LogP contribution in [0.2, 0.25) is 5.02 Å². The van der Waals surface area contributed by atoms with E-state index in [9.17, 15) is 9.59 Å². The average molecular weight is 472 g/mol. The molecule has 1 aliphatic carbocycles. The Balaban J connectivity index is 1.57. The first-order chi connectivity index (χ1) is 16.1. The maximum atomic E-state index is 13.6. The molecule has 2 aromatic heterocycles. The second-order valence-corrected chi connectivity index (χ2v) is 9.70. The SMILES string of the molecule is O=C1CCCC2=C1[C@@H](c1ccc(Cl)cc1)n1c(s/c(=C\c3ccc4ccncc4c3)c1=O)=N2. The highest BCUT2D eigenvalue weighted by Gasteiger charge is 2.34. The Morgan fingerprint density at radius 2 is 1.88 bits per heavy atom. The Kier molecular flexibility index (Phi) is 4.85. The zero-order chi connectivity index (χ0) is 22.5. The largest absolute Gasteiger partial charge is 0.294 e. The number of aromatic nitrogens is 2. The van der Waals surface area contributed by atoms with Gasteiger partial charge in [0.15, 0.2) is 10.6 Å². The third-order valence-corrected chi connectivity index (χ3v) is 7.41. The van der Waals surface area contributed by atoms with Crippen LogP contribution in [0.3, 0.4) is 0 Å². The van der Waals surface area contributed by atoms with Gasteiger partial charge in [-0.25, -0.2) is 4.99 Å². The van der Waals surface area contributed by atoms with E-state index in [1.54, 1.807) is 22.9 Å². The number of carbonyl (C=O) groups is 1. The topological polar surface area (TPSA) is 64.3 Å². The third-order valence-electron chi connectivity index (χ3n) is 6.18. The second kappa shape index (κ2) is 7.90. The molecule has 5 nitrogen and oxygen atoms in total. The number of carbonyl (C=O) groups excluding carboxylic acids is 1. The van der Waals surface area contributed by atoms with Crippen molar-refractivity contribution in [3.05, 3.63) is 108 Å². The molecule has 0 unspecified atom stereocenters. The molecule has 33 heavy (non-hydrogen) atoms. The highest BCUT2D eigenvalue weighted by atomic mass is 35.5. The van der Waals surface area contributed by atoms with Crippen LogP contribution >= 0.6 is 22.9 Å². The van der Waals surface area contributed by atoms with Crippen molar-refractivity contribution in [3.63, 3.8) is 0 Å². The molecule has 7 heteroatoms. The van der Waals surface area contributed by atoms with Gasteiger partial charge in [-0.05, 0) is 59.7 Å². The number of fused-ring (bicyclic) bond motifs is 2. The average Bonchev–Trinajstić information content (AvgIpc) is 3.13. The molecule has 2 aromatic carbocycles. The van der Waals surface area contributed by atoms with E-state index in [1.165, 1.54) is 11.3 Å². The first kappa shape index (κ1) is 20.3. The predicted molar refractivity (Wildman–Crippen MR) is 130 cm³/mol. The number of halogens is 1. The maximum Gasteiger partial charge on any atom is 0.271 e. The number of rotatable bonds is 2. The summed E-state index contributed by atoms with van der Waals surface area (Å²) in [6.45, 7) is 0. The molecule has 0 bridgehead atoms. The minimum Gasteiger partial charge on any atom is -0.294 e. The smallest absolute Gasteiger partial charge is 0.271 e. The zero-order valence-corrected chi connectivity index (χ0v) is 19.1. The zero-order valence-electron chi connectivity index (χ0n) is 17.5. The lowest BCUT2D eigenvalue weighted by molar-refractivity contribution is -0.116. The van der Waals surface area contributed by atoms with Gasteiger partial charge in [-0.15, -0.1) is 0 Å². The molecule has 0 amide bonds. The lowest BCUT2D eigenvalue weighted by atomic mass is 9.86. The van der Waals surface area contributed by atoms with Crippen molar-refractivity contribution in [1.29, 1.82) is 0 Å². The van der Waals surface area contributed by atoms with Crippen LogP contribution in [0.4, 0.5) is 0 Å². The van der Waals surface area contributed by atoms with Crippen molar-refractivity contribution in [2.45, 2.75) is 25.3 Å². The number of pyridine rings is 1. The number of hydrogen-bond acceptors (Lipinski definition) is 5. The molecule has 0 saturated carbocycles. The van der Waals surface area contributed by atoms with E-state index in [2.05, 4.69) is 4.98 Å². The molecule has 0 fully saturated rings. The van der Waals surface area contributed by atoms with Crippen molar-refractivity contribution < 1.29 is 4.79 Å². The number of Topliss-reactive ketones (excluding diaryl/α,β-unsaturated/α-hetero) is 1. The van der Waals surface area contributed by atoms with Crippen LogP contribution in [0.25, 0.3) is 16.8 Å². The molecule has 6 rings (SSSR count). The normalized spacial score (nSPS) is 18.3. The number of allylic oxidation sites excluding steroid dienone is 2. The molecule has 4 aromatic rings. The van der Waals surface area contributed by atoms with Crippen LogP contribution in [0.15, 0.2) is 82.0 Å². The Hall–Kier alpha value is -3.35. The van der Waals surface area contributed by atoms with E-state index in [0.29, 0.717) is 26.4 Å². The molecule has 0 saturated heterocycles. The first-order valence-corrected chi connectivity index (χ1v) is 12.0. The van der Waals surface area contributed by atoms with Gasteiger partial charge in [-0.1, -0.05) is 47.2 Å². The van der Waals surface area contributed by atoms with Crippen molar-refractivity contribution >= 4 is 45.6 Å². The molecule has 1 atom stereocenters. The van der Waals surface area contributed by atoms with Crippen molar-refractivity contribution in [1.82, 2.24) is 9.55 Å². The summed E-state index contributed by atoms with van der Waals surface area (Å²) in [4.78, 5) is 36.2. The summed E-state index contributed by atoms with van der Waals surface area (Å²) in [7, 11) is 0. The highest BCUT2D eigenvalue weighted by molar-refractivity contribution is 7.07. The van der Waals surface area contributed by atoms with Crippen LogP contribution in [0.1, 0.15) is 36.4 Å². The monoisotopic (exact) mass is 471 g/mol. The number of ketones is 1. The summed E-state index contributed by atoms with van der Waals surface area (Å²) in [5, 5.41) is 2.72. The van der Waals surface area contributed by atoms with Crippen LogP contribution in [-0.2, 0) is 4.79 Å². The van der Waals surface area contributed by atoms with Crippen LogP contribution in [-0.4, -0.2) is 15.3 Å². The number of thiazole rings is 1. The Morgan fingerprint density at radius 3 is 2.73 bits per heavy atom. The number of nitrogens with zero attached hydrogens (tertiary/aromatic N) is 3. The molecule has 0 N–H and O–H groups in total. The summed E-state index contributed by atoms with van der Waals surface area (Å²) in [5.41, 5.74) is 3.08. The van der Waals surface area contributed by atoms with E-state index in [1.807, 2.05) is 48.7 Å².